The summed E-state index contributed by atoms with van der Waals surface area (Å²) in [7, 11) is 2.23. The predicted molar refractivity (Wildman–Crippen MR) is 115 cm³/mol. The van der Waals surface area contributed by atoms with Gasteiger partial charge in [-0.1, -0.05) is 24.3 Å². The van der Waals surface area contributed by atoms with Gasteiger partial charge in [0.1, 0.15) is 5.58 Å². The molecule has 0 radical (unpaired) electrons. The first-order chi connectivity index (χ1) is 13.8. The molecule has 0 saturated carbocycles. The lowest BCUT2D eigenvalue weighted by Crippen LogP contribution is -2.49. The fourth-order valence-corrected chi connectivity index (χ4v) is 5.73. The van der Waals surface area contributed by atoms with Crippen molar-refractivity contribution in [2.75, 3.05) is 49.6 Å². The molecule has 0 unspecified atom stereocenters. The van der Waals surface area contributed by atoms with E-state index in [-0.39, 0.29) is 0 Å². The third kappa shape index (κ3) is 2.40. The topological polar surface area (TPSA) is 22.9 Å². The van der Waals surface area contributed by atoms with Gasteiger partial charge in [-0.3, -0.25) is 0 Å². The van der Waals surface area contributed by atoms with Crippen LogP contribution in [0.15, 0.2) is 53.1 Å². The molecule has 2 atom stereocenters. The maximum absolute atomic E-state index is 5.57. The summed E-state index contributed by atoms with van der Waals surface area (Å²) in [5, 5.41) is 1.27. The van der Waals surface area contributed by atoms with E-state index in [4.69, 9.17) is 4.42 Å². The van der Waals surface area contributed by atoms with Crippen LogP contribution >= 0.6 is 0 Å². The van der Waals surface area contributed by atoms with E-state index in [0.29, 0.717) is 12.0 Å². The van der Waals surface area contributed by atoms with Gasteiger partial charge in [0.25, 0.3) is 0 Å². The normalized spacial score (nSPS) is 23.9. The van der Waals surface area contributed by atoms with Crippen molar-refractivity contribution in [2.45, 2.75) is 24.8 Å². The van der Waals surface area contributed by atoms with Crippen LogP contribution < -0.4 is 9.80 Å². The second-order valence-corrected chi connectivity index (χ2v) is 8.59. The highest BCUT2D eigenvalue weighted by Gasteiger charge is 2.44. The summed E-state index contributed by atoms with van der Waals surface area (Å²) in [4.78, 5) is 7.83. The highest BCUT2D eigenvalue weighted by atomic mass is 16.3. The summed E-state index contributed by atoms with van der Waals surface area (Å²) in [6, 6.07) is 16.2. The number of para-hydroxylation sites is 1. The highest BCUT2D eigenvalue weighted by Crippen LogP contribution is 2.50. The Kier molecular flexibility index (Phi) is 3.70. The lowest BCUT2D eigenvalue weighted by atomic mass is 9.89. The van der Waals surface area contributed by atoms with E-state index in [1.165, 1.54) is 48.4 Å². The maximum atomic E-state index is 5.57. The van der Waals surface area contributed by atoms with Gasteiger partial charge in [-0.05, 0) is 42.2 Å². The molecule has 3 aliphatic rings. The number of likely N-dealkylation sites (N-methyl/N-ethyl adjacent to an activating group) is 1. The van der Waals surface area contributed by atoms with Crippen molar-refractivity contribution in [1.82, 2.24) is 4.90 Å². The summed E-state index contributed by atoms with van der Waals surface area (Å²) >= 11 is 0. The van der Waals surface area contributed by atoms with Crippen molar-refractivity contribution in [3.05, 3.63) is 59.9 Å². The highest BCUT2D eigenvalue weighted by molar-refractivity contribution is 5.81. The number of benzene rings is 2. The SMILES string of the molecule is CN1CCN2c3c(cccc31)[C@@H]1CN(CCc3cccc4occc34)CC[C@@H]12. The van der Waals surface area contributed by atoms with Gasteiger partial charge in [-0.25, -0.2) is 0 Å². The number of anilines is 2. The van der Waals surface area contributed by atoms with Crippen LogP contribution in [0.1, 0.15) is 23.5 Å². The molecule has 0 amide bonds. The molecular formula is C24H27N3O. The Morgan fingerprint density at radius 3 is 2.93 bits per heavy atom. The fraction of sp³-hybridized carbons (Fsp3) is 0.417. The molecule has 3 aromatic rings. The zero-order valence-electron chi connectivity index (χ0n) is 16.5. The minimum atomic E-state index is 0.653. The molecule has 144 valence electrons. The number of fused-ring (bicyclic) bond motifs is 4. The molecule has 4 nitrogen and oxygen atoms in total. The number of likely N-dealkylation sites (tertiary alicyclic amines) is 1. The van der Waals surface area contributed by atoms with Crippen molar-refractivity contribution in [2.24, 2.45) is 0 Å². The Hall–Kier alpha value is -2.46. The molecule has 1 saturated heterocycles. The smallest absolute Gasteiger partial charge is 0.134 e. The largest absolute Gasteiger partial charge is 0.464 e. The van der Waals surface area contributed by atoms with Crippen LogP contribution in [-0.2, 0) is 6.42 Å². The second kappa shape index (κ2) is 6.28. The number of piperidine rings is 1. The quantitative estimate of drug-likeness (QED) is 0.689. The molecule has 4 heteroatoms. The van der Waals surface area contributed by atoms with Crippen LogP contribution in [-0.4, -0.2) is 50.7 Å². The van der Waals surface area contributed by atoms with Crippen LogP contribution in [0, 0.1) is 0 Å². The van der Waals surface area contributed by atoms with Crippen molar-refractivity contribution in [3.8, 4) is 0 Å². The van der Waals surface area contributed by atoms with Crippen LogP contribution in [0.3, 0.4) is 0 Å². The Balaban J connectivity index is 1.23. The third-order valence-electron chi connectivity index (χ3n) is 7.16. The molecule has 0 N–H and O–H groups in total. The standard InChI is InChI=1S/C24H27N3O/c1-25-13-14-27-21-9-12-26(16-20(21)19-5-3-6-22(25)24(19)27)11-8-17-4-2-7-23-18(17)10-15-28-23/h2-7,10,15,20-21H,8-9,11-14,16H2,1H3/t20-,21-/m0/s1. The van der Waals surface area contributed by atoms with Crippen molar-refractivity contribution < 1.29 is 4.42 Å². The first-order valence-electron chi connectivity index (χ1n) is 10.6. The van der Waals surface area contributed by atoms with E-state index in [9.17, 15) is 0 Å². The number of rotatable bonds is 3. The molecule has 6 rings (SSSR count). The molecule has 4 heterocycles. The minimum Gasteiger partial charge on any atom is -0.464 e. The Labute approximate surface area is 166 Å². The van der Waals surface area contributed by atoms with Gasteiger partial charge in [0.2, 0.25) is 0 Å². The fourth-order valence-electron chi connectivity index (χ4n) is 5.73. The number of nitrogens with zero attached hydrogens (tertiary/aromatic N) is 3. The molecule has 0 spiro atoms. The Morgan fingerprint density at radius 1 is 1.04 bits per heavy atom. The third-order valence-corrected chi connectivity index (χ3v) is 7.16. The van der Waals surface area contributed by atoms with Crippen molar-refractivity contribution in [3.63, 3.8) is 0 Å². The molecule has 2 aromatic carbocycles. The van der Waals surface area contributed by atoms with Gasteiger partial charge >= 0.3 is 0 Å². The van der Waals surface area contributed by atoms with E-state index >= 15 is 0 Å². The van der Waals surface area contributed by atoms with E-state index in [2.05, 4.69) is 64.2 Å². The van der Waals surface area contributed by atoms with Crippen LogP contribution in [0.2, 0.25) is 0 Å². The van der Waals surface area contributed by atoms with Gasteiger partial charge < -0.3 is 19.1 Å². The van der Waals surface area contributed by atoms with Crippen LogP contribution in [0.5, 0.6) is 0 Å². The molecule has 0 aliphatic carbocycles. The second-order valence-electron chi connectivity index (χ2n) is 8.59. The monoisotopic (exact) mass is 373 g/mol. The zero-order valence-corrected chi connectivity index (χ0v) is 16.5. The van der Waals surface area contributed by atoms with E-state index in [0.717, 1.165) is 25.1 Å². The van der Waals surface area contributed by atoms with Gasteiger partial charge in [-0.15, -0.1) is 0 Å². The molecule has 28 heavy (non-hydrogen) atoms. The van der Waals surface area contributed by atoms with Crippen molar-refractivity contribution >= 4 is 22.3 Å². The molecule has 0 bridgehead atoms. The van der Waals surface area contributed by atoms with Crippen molar-refractivity contribution in [1.29, 1.82) is 0 Å². The Bertz CT molecular complexity index is 1030. The molecule has 1 fully saturated rings. The van der Waals surface area contributed by atoms with Gasteiger partial charge in [0.05, 0.1) is 17.6 Å². The average molecular weight is 374 g/mol. The molecule has 3 aliphatic heterocycles. The molecule has 1 aromatic heterocycles. The lowest BCUT2D eigenvalue weighted by Gasteiger charge is -2.41. The number of furan rings is 1. The summed E-state index contributed by atoms with van der Waals surface area (Å²) in [6.07, 6.45) is 4.17. The van der Waals surface area contributed by atoms with Gasteiger partial charge in [0, 0.05) is 57.1 Å². The van der Waals surface area contributed by atoms with Gasteiger partial charge in [0.15, 0.2) is 0 Å². The lowest BCUT2D eigenvalue weighted by molar-refractivity contribution is 0.195. The minimum absolute atomic E-state index is 0.653. The number of hydrogen-bond donors (Lipinski definition) is 0. The van der Waals surface area contributed by atoms with E-state index in [1.54, 1.807) is 11.8 Å². The van der Waals surface area contributed by atoms with E-state index in [1.807, 2.05) is 0 Å². The van der Waals surface area contributed by atoms with Gasteiger partial charge in [-0.2, -0.15) is 0 Å². The summed E-state index contributed by atoms with van der Waals surface area (Å²) in [5.74, 6) is 0.653. The summed E-state index contributed by atoms with van der Waals surface area (Å²) < 4.78 is 5.57. The maximum Gasteiger partial charge on any atom is 0.134 e. The van der Waals surface area contributed by atoms with E-state index < -0.39 is 0 Å². The van der Waals surface area contributed by atoms with Crippen LogP contribution in [0.4, 0.5) is 11.4 Å². The Morgan fingerprint density at radius 2 is 1.96 bits per heavy atom. The predicted octanol–water partition coefficient (Wildman–Crippen LogP) is 4.10. The zero-order chi connectivity index (χ0) is 18.7. The summed E-state index contributed by atoms with van der Waals surface area (Å²) in [5.41, 5.74) is 6.94. The average Bonchev–Trinajstić information content (AvgIpc) is 3.33. The number of hydrogen-bond acceptors (Lipinski definition) is 4. The first-order valence-corrected chi connectivity index (χ1v) is 10.6. The first kappa shape index (κ1) is 16.5. The van der Waals surface area contributed by atoms with Crippen LogP contribution in [0.25, 0.3) is 11.0 Å². The summed E-state index contributed by atoms with van der Waals surface area (Å²) in [6.45, 7) is 5.82. The molecular weight excluding hydrogens is 346 g/mol.